The summed E-state index contributed by atoms with van der Waals surface area (Å²) in [5.74, 6) is 0.176. The van der Waals surface area contributed by atoms with Gasteiger partial charge in [0.25, 0.3) is 5.56 Å². The number of hydrogen-bond donors (Lipinski definition) is 1. The molecule has 0 spiro atoms. The third-order valence-corrected chi connectivity index (χ3v) is 7.42. The number of aryl methyl sites for hydroxylation is 2. The highest BCUT2D eigenvalue weighted by atomic mass is 32.2. The molecule has 7 heteroatoms. The number of hydrogen-bond acceptors (Lipinski definition) is 5. The zero-order valence-electron chi connectivity index (χ0n) is 16.9. The first-order valence-electron chi connectivity index (χ1n) is 10.3. The van der Waals surface area contributed by atoms with Crippen molar-refractivity contribution in [1.29, 1.82) is 0 Å². The number of rotatable bonds is 8. The number of benzene rings is 1. The second-order valence-electron chi connectivity index (χ2n) is 7.36. The normalized spacial score (nSPS) is 13.2. The van der Waals surface area contributed by atoms with Gasteiger partial charge in [-0.1, -0.05) is 48.2 Å². The molecular formula is C23H25N3O2S2. The zero-order chi connectivity index (χ0) is 20.9. The van der Waals surface area contributed by atoms with Crippen molar-refractivity contribution < 1.29 is 4.79 Å². The molecule has 1 N–H and O–H groups in total. The lowest BCUT2D eigenvalue weighted by Gasteiger charge is -2.12. The number of fused-ring (bicyclic) bond motifs is 3. The van der Waals surface area contributed by atoms with Crippen molar-refractivity contribution in [2.45, 2.75) is 43.8 Å². The van der Waals surface area contributed by atoms with Gasteiger partial charge in [0, 0.05) is 18.0 Å². The fraction of sp³-hybridized carbons (Fsp3) is 0.348. The maximum absolute atomic E-state index is 13.2. The summed E-state index contributed by atoms with van der Waals surface area (Å²) in [6.07, 6.45) is 6.78. The van der Waals surface area contributed by atoms with Crippen LogP contribution in [-0.4, -0.2) is 27.8 Å². The Morgan fingerprint density at radius 3 is 2.87 bits per heavy atom. The van der Waals surface area contributed by atoms with Crippen LogP contribution in [0.25, 0.3) is 10.2 Å². The fourth-order valence-corrected chi connectivity index (χ4v) is 5.93. The van der Waals surface area contributed by atoms with Gasteiger partial charge in [-0.25, -0.2) is 4.98 Å². The molecule has 4 rings (SSSR count). The summed E-state index contributed by atoms with van der Waals surface area (Å²) >= 11 is 2.95. The van der Waals surface area contributed by atoms with Crippen LogP contribution in [0.3, 0.4) is 0 Å². The van der Waals surface area contributed by atoms with Gasteiger partial charge in [-0.15, -0.1) is 17.9 Å². The Balaban J connectivity index is 1.47. The molecule has 30 heavy (non-hydrogen) atoms. The van der Waals surface area contributed by atoms with Crippen LogP contribution in [0.2, 0.25) is 0 Å². The Hall–Kier alpha value is -2.38. The summed E-state index contributed by atoms with van der Waals surface area (Å²) < 4.78 is 1.65. The summed E-state index contributed by atoms with van der Waals surface area (Å²) in [6.45, 7) is 4.77. The number of amides is 1. The molecule has 5 nitrogen and oxygen atoms in total. The van der Waals surface area contributed by atoms with E-state index in [0.717, 1.165) is 35.9 Å². The van der Waals surface area contributed by atoms with Gasteiger partial charge in [-0.2, -0.15) is 0 Å². The van der Waals surface area contributed by atoms with Crippen molar-refractivity contribution in [3.05, 3.63) is 69.3 Å². The summed E-state index contributed by atoms with van der Waals surface area (Å²) in [6, 6.07) is 10.1. The predicted molar refractivity (Wildman–Crippen MR) is 125 cm³/mol. The highest BCUT2D eigenvalue weighted by Crippen LogP contribution is 2.34. The van der Waals surface area contributed by atoms with E-state index in [1.54, 1.807) is 22.0 Å². The molecule has 0 atom stereocenters. The van der Waals surface area contributed by atoms with Crippen LogP contribution in [0, 0.1) is 0 Å². The molecule has 1 aliphatic carbocycles. The zero-order valence-corrected chi connectivity index (χ0v) is 18.5. The van der Waals surface area contributed by atoms with Gasteiger partial charge in [0.05, 0.1) is 11.1 Å². The Kier molecular flexibility index (Phi) is 6.69. The van der Waals surface area contributed by atoms with Gasteiger partial charge in [0.1, 0.15) is 4.83 Å². The minimum Gasteiger partial charge on any atom is -0.355 e. The van der Waals surface area contributed by atoms with Crippen molar-refractivity contribution in [1.82, 2.24) is 14.9 Å². The molecule has 1 amide bonds. The van der Waals surface area contributed by atoms with Gasteiger partial charge in [-0.3, -0.25) is 14.2 Å². The van der Waals surface area contributed by atoms with E-state index in [1.807, 2.05) is 18.2 Å². The second kappa shape index (κ2) is 9.62. The van der Waals surface area contributed by atoms with Crippen molar-refractivity contribution in [2.24, 2.45) is 0 Å². The van der Waals surface area contributed by atoms with Gasteiger partial charge in [0.15, 0.2) is 5.16 Å². The molecule has 1 aliphatic rings. The third-order valence-electron chi connectivity index (χ3n) is 5.26. The van der Waals surface area contributed by atoms with Crippen LogP contribution >= 0.6 is 23.1 Å². The van der Waals surface area contributed by atoms with Gasteiger partial charge < -0.3 is 5.32 Å². The number of thioether (sulfide) groups is 1. The molecule has 0 saturated carbocycles. The smallest absolute Gasteiger partial charge is 0.263 e. The molecule has 0 bridgehead atoms. The second-order valence-corrected chi connectivity index (χ2v) is 9.39. The monoisotopic (exact) mass is 439 g/mol. The minimum atomic E-state index is -0.0547. The van der Waals surface area contributed by atoms with E-state index < -0.39 is 0 Å². The van der Waals surface area contributed by atoms with E-state index in [4.69, 9.17) is 4.98 Å². The number of aromatic nitrogens is 2. The van der Waals surface area contributed by atoms with E-state index in [2.05, 4.69) is 24.0 Å². The SMILES string of the molecule is C=CCn1c(SCC(=O)NCCc2ccccc2)nc2sc3c(c2c1=O)CCCC3. The van der Waals surface area contributed by atoms with Crippen LogP contribution in [0.4, 0.5) is 0 Å². The van der Waals surface area contributed by atoms with Crippen molar-refractivity contribution >= 4 is 39.2 Å². The lowest BCUT2D eigenvalue weighted by molar-refractivity contribution is -0.118. The number of carbonyl (C=O) groups excluding carboxylic acids is 1. The van der Waals surface area contributed by atoms with Gasteiger partial charge in [0.2, 0.25) is 5.91 Å². The molecular weight excluding hydrogens is 414 g/mol. The number of nitrogens with zero attached hydrogens (tertiary/aromatic N) is 2. The maximum Gasteiger partial charge on any atom is 0.263 e. The summed E-state index contributed by atoms with van der Waals surface area (Å²) in [7, 11) is 0. The van der Waals surface area contributed by atoms with E-state index in [0.29, 0.717) is 18.2 Å². The average molecular weight is 440 g/mol. The highest BCUT2D eigenvalue weighted by Gasteiger charge is 2.22. The lowest BCUT2D eigenvalue weighted by atomic mass is 9.97. The van der Waals surface area contributed by atoms with E-state index in [9.17, 15) is 9.59 Å². The maximum atomic E-state index is 13.2. The quantitative estimate of drug-likeness (QED) is 0.328. The number of nitrogens with one attached hydrogen (secondary N) is 1. The first-order chi connectivity index (χ1) is 14.7. The Morgan fingerprint density at radius 2 is 2.07 bits per heavy atom. The number of allylic oxidation sites excluding steroid dienone is 1. The standard InChI is InChI=1S/C23H25N3O2S2/c1-2-14-26-22(28)20-17-10-6-7-11-18(17)30-21(20)25-23(26)29-15-19(27)24-13-12-16-8-4-3-5-9-16/h2-5,8-9H,1,6-7,10-15H2,(H,24,27). The summed E-state index contributed by atoms with van der Waals surface area (Å²) in [5, 5.41) is 4.31. The minimum absolute atomic E-state index is 0.00807. The Bertz CT molecular complexity index is 1120. The molecule has 2 heterocycles. The Labute approximate surface area is 184 Å². The van der Waals surface area contributed by atoms with Crippen molar-refractivity contribution in [3.8, 4) is 0 Å². The lowest BCUT2D eigenvalue weighted by Crippen LogP contribution is -2.28. The molecule has 156 valence electrons. The first-order valence-corrected chi connectivity index (χ1v) is 12.1. The van der Waals surface area contributed by atoms with E-state index in [-0.39, 0.29) is 17.2 Å². The van der Waals surface area contributed by atoms with Crippen molar-refractivity contribution in [2.75, 3.05) is 12.3 Å². The van der Waals surface area contributed by atoms with Gasteiger partial charge in [-0.05, 0) is 43.2 Å². The molecule has 0 fully saturated rings. The van der Waals surface area contributed by atoms with Crippen LogP contribution in [0.15, 0.2) is 52.9 Å². The number of carbonyl (C=O) groups is 1. The molecule has 3 aromatic rings. The van der Waals surface area contributed by atoms with Crippen molar-refractivity contribution in [3.63, 3.8) is 0 Å². The average Bonchev–Trinajstić information content (AvgIpc) is 3.14. The summed E-state index contributed by atoms with van der Waals surface area (Å²) in [4.78, 5) is 32.4. The molecule has 0 saturated heterocycles. The molecule has 0 radical (unpaired) electrons. The predicted octanol–water partition coefficient (Wildman–Crippen LogP) is 3.97. The fourth-order valence-electron chi connectivity index (χ4n) is 3.79. The van der Waals surface area contributed by atoms with Crippen LogP contribution in [0.1, 0.15) is 28.8 Å². The largest absolute Gasteiger partial charge is 0.355 e. The topological polar surface area (TPSA) is 64.0 Å². The first kappa shape index (κ1) is 20.9. The molecule has 2 aromatic heterocycles. The van der Waals surface area contributed by atoms with Crippen LogP contribution in [0.5, 0.6) is 0 Å². The molecule has 0 unspecified atom stereocenters. The number of thiophene rings is 1. The molecule has 1 aromatic carbocycles. The van der Waals surface area contributed by atoms with Crippen LogP contribution in [-0.2, 0) is 30.6 Å². The Morgan fingerprint density at radius 1 is 1.27 bits per heavy atom. The van der Waals surface area contributed by atoms with E-state index in [1.165, 1.54) is 34.2 Å². The van der Waals surface area contributed by atoms with Crippen LogP contribution < -0.4 is 10.9 Å². The van der Waals surface area contributed by atoms with Gasteiger partial charge >= 0.3 is 0 Å². The molecule has 0 aliphatic heterocycles. The van der Waals surface area contributed by atoms with E-state index >= 15 is 0 Å². The third kappa shape index (κ3) is 4.52. The highest BCUT2D eigenvalue weighted by molar-refractivity contribution is 7.99. The summed E-state index contributed by atoms with van der Waals surface area (Å²) in [5.41, 5.74) is 2.37.